The number of aromatic nitrogens is 1. The average molecular weight is 317 g/mol. The van der Waals surface area contributed by atoms with Crippen molar-refractivity contribution in [1.82, 2.24) is 9.88 Å². The lowest BCUT2D eigenvalue weighted by atomic mass is 10.3. The zero-order valence-corrected chi connectivity index (χ0v) is 12.1. The van der Waals surface area contributed by atoms with Crippen LogP contribution < -0.4 is 0 Å². The minimum atomic E-state index is -0.114. The number of carbonyl (C=O) groups excluding carboxylic acids is 1. The van der Waals surface area contributed by atoms with E-state index in [0.717, 1.165) is 4.47 Å². The van der Waals surface area contributed by atoms with Crippen molar-refractivity contribution in [2.24, 2.45) is 0 Å². The van der Waals surface area contributed by atoms with Gasteiger partial charge in [-0.2, -0.15) is 0 Å². The molecule has 1 aromatic rings. The third kappa shape index (κ3) is 4.72. The SMILES string of the molecule is COCCN(CCOC)C(=O)c1ccc(Br)cn1. The van der Waals surface area contributed by atoms with Crippen molar-refractivity contribution in [3.63, 3.8) is 0 Å². The number of amides is 1. The molecule has 0 bridgehead atoms. The van der Waals surface area contributed by atoms with Crippen LogP contribution in [0, 0.1) is 0 Å². The second kappa shape index (κ2) is 8.18. The molecule has 0 spiro atoms. The first kappa shape index (κ1) is 15.1. The maximum atomic E-state index is 12.2. The van der Waals surface area contributed by atoms with Crippen molar-refractivity contribution < 1.29 is 14.3 Å². The Balaban J connectivity index is 2.70. The van der Waals surface area contributed by atoms with Gasteiger partial charge in [-0.1, -0.05) is 0 Å². The Kier molecular flexibility index (Phi) is 6.85. The molecule has 0 fully saturated rings. The Bertz CT molecular complexity index is 362. The average Bonchev–Trinajstić information content (AvgIpc) is 2.39. The predicted octanol–water partition coefficient (Wildman–Crippen LogP) is 1.58. The quantitative estimate of drug-likeness (QED) is 0.766. The van der Waals surface area contributed by atoms with E-state index in [4.69, 9.17) is 9.47 Å². The monoisotopic (exact) mass is 316 g/mol. The molecule has 0 radical (unpaired) electrons. The third-order valence-corrected chi connectivity index (χ3v) is 2.83. The van der Waals surface area contributed by atoms with Gasteiger partial charge < -0.3 is 14.4 Å². The highest BCUT2D eigenvalue weighted by Gasteiger charge is 2.16. The molecule has 0 N–H and O–H groups in total. The second-order valence-electron chi connectivity index (χ2n) is 3.64. The summed E-state index contributed by atoms with van der Waals surface area (Å²) in [5, 5.41) is 0. The van der Waals surface area contributed by atoms with E-state index >= 15 is 0 Å². The summed E-state index contributed by atoms with van der Waals surface area (Å²) in [5.74, 6) is -0.114. The van der Waals surface area contributed by atoms with Gasteiger partial charge in [-0.3, -0.25) is 4.79 Å². The second-order valence-corrected chi connectivity index (χ2v) is 4.56. The summed E-state index contributed by atoms with van der Waals surface area (Å²) in [7, 11) is 3.22. The number of hydrogen-bond acceptors (Lipinski definition) is 4. The van der Waals surface area contributed by atoms with Crippen LogP contribution in [-0.2, 0) is 9.47 Å². The summed E-state index contributed by atoms with van der Waals surface area (Å²) in [6.45, 7) is 2.03. The van der Waals surface area contributed by atoms with E-state index < -0.39 is 0 Å². The van der Waals surface area contributed by atoms with Crippen LogP contribution in [0.5, 0.6) is 0 Å². The highest BCUT2D eigenvalue weighted by atomic mass is 79.9. The lowest BCUT2D eigenvalue weighted by molar-refractivity contribution is 0.0622. The summed E-state index contributed by atoms with van der Waals surface area (Å²) in [6, 6.07) is 3.49. The van der Waals surface area contributed by atoms with Crippen LogP contribution in [0.15, 0.2) is 22.8 Å². The number of ether oxygens (including phenoxy) is 2. The van der Waals surface area contributed by atoms with Gasteiger partial charge in [0.1, 0.15) is 5.69 Å². The van der Waals surface area contributed by atoms with Gasteiger partial charge in [0.25, 0.3) is 5.91 Å². The molecular weight excluding hydrogens is 300 g/mol. The molecule has 1 rings (SSSR count). The normalized spacial score (nSPS) is 10.4. The Labute approximate surface area is 115 Å². The Morgan fingerprint density at radius 3 is 2.33 bits per heavy atom. The molecule has 0 aliphatic heterocycles. The molecule has 5 nitrogen and oxygen atoms in total. The van der Waals surface area contributed by atoms with Gasteiger partial charge in [-0.15, -0.1) is 0 Å². The molecule has 0 aliphatic carbocycles. The van der Waals surface area contributed by atoms with Gasteiger partial charge in [0, 0.05) is 38.0 Å². The van der Waals surface area contributed by atoms with E-state index in [0.29, 0.717) is 32.0 Å². The number of nitrogens with zero attached hydrogens (tertiary/aromatic N) is 2. The highest BCUT2D eigenvalue weighted by molar-refractivity contribution is 9.10. The van der Waals surface area contributed by atoms with Gasteiger partial charge in [-0.05, 0) is 28.1 Å². The molecule has 0 atom stereocenters. The van der Waals surface area contributed by atoms with Gasteiger partial charge in [0.05, 0.1) is 13.2 Å². The van der Waals surface area contributed by atoms with Crippen molar-refractivity contribution in [1.29, 1.82) is 0 Å². The van der Waals surface area contributed by atoms with Crippen molar-refractivity contribution in [3.8, 4) is 0 Å². The smallest absolute Gasteiger partial charge is 0.272 e. The maximum Gasteiger partial charge on any atom is 0.272 e. The fourth-order valence-electron chi connectivity index (χ4n) is 1.38. The van der Waals surface area contributed by atoms with Gasteiger partial charge in [0.15, 0.2) is 0 Å². The summed E-state index contributed by atoms with van der Waals surface area (Å²) in [4.78, 5) is 18.0. The number of hydrogen-bond donors (Lipinski definition) is 0. The van der Waals surface area contributed by atoms with Crippen LogP contribution in [0.3, 0.4) is 0 Å². The lowest BCUT2D eigenvalue weighted by Gasteiger charge is -2.21. The van der Waals surface area contributed by atoms with E-state index in [-0.39, 0.29) is 5.91 Å². The van der Waals surface area contributed by atoms with Gasteiger partial charge in [-0.25, -0.2) is 4.98 Å². The van der Waals surface area contributed by atoms with E-state index in [1.165, 1.54) is 0 Å². The van der Waals surface area contributed by atoms with E-state index in [1.807, 2.05) is 0 Å². The van der Waals surface area contributed by atoms with E-state index in [9.17, 15) is 4.79 Å². The van der Waals surface area contributed by atoms with Gasteiger partial charge >= 0.3 is 0 Å². The molecule has 100 valence electrons. The first-order valence-corrected chi connectivity index (χ1v) is 6.37. The molecule has 18 heavy (non-hydrogen) atoms. The summed E-state index contributed by atoms with van der Waals surface area (Å²) in [5.41, 5.74) is 0.422. The standard InChI is InChI=1S/C12H17BrN2O3/c1-17-7-5-15(6-8-18-2)12(16)11-4-3-10(13)9-14-11/h3-4,9H,5-8H2,1-2H3. The molecule has 1 heterocycles. The molecule has 0 aromatic carbocycles. The van der Waals surface area contributed by atoms with Gasteiger partial charge in [0.2, 0.25) is 0 Å². The van der Waals surface area contributed by atoms with E-state index in [1.54, 1.807) is 37.4 Å². The molecule has 0 saturated carbocycles. The molecule has 6 heteroatoms. The van der Waals surface area contributed by atoms with Crippen LogP contribution in [0.4, 0.5) is 0 Å². The molecule has 0 saturated heterocycles. The molecule has 0 aliphatic rings. The van der Waals surface area contributed by atoms with Crippen LogP contribution in [0.1, 0.15) is 10.5 Å². The van der Waals surface area contributed by atoms with E-state index in [2.05, 4.69) is 20.9 Å². The highest BCUT2D eigenvalue weighted by Crippen LogP contribution is 2.09. The predicted molar refractivity (Wildman–Crippen MR) is 71.6 cm³/mol. The largest absolute Gasteiger partial charge is 0.383 e. The Hall–Kier alpha value is -0.980. The number of halogens is 1. The Morgan fingerprint density at radius 1 is 1.28 bits per heavy atom. The minimum absolute atomic E-state index is 0.114. The zero-order chi connectivity index (χ0) is 13.4. The van der Waals surface area contributed by atoms with Crippen LogP contribution >= 0.6 is 15.9 Å². The van der Waals surface area contributed by atoms with Crippen LogP contribution in [0.25, 0.3) is 0 Å². The first-order chi connectivity index (χ1) is 8.69. The maximum absolute atomic E-state index is 12.2. The minimum Gasteiger partial charge on any atom is -0.383 e. The lowest BCUT2D eigenvalue weighted by Crippen LogP contribution is -2.36. The van der Waals surface area contributed by atoms with Crippen molar-refractivity contribution >= 4 is 21.8 Å². The van der Waals surface area contributed by atoms with Crippen molar-refractivity contribution in [2.45, 2.75) is 0 Å². The molecule has 0 unspecified atom stereocenters. The number of methoxy groups -OCH3 is 2. The number of rotatable bonds is 7. The molecular formula is C12H17BrN2O3. The molecule has 1 aromatic heterocycles. The number of pyridine rings is 1. The summed E-state index contributed by atoms with van der Waals surface area (Å²) >= 11 is 3.29. The zero-order valence-electron chi connectivity index (χ0n) is 10.6. The van der Waals surface area contributed by atoms with Crippen LogP contribution in [-0.4, -0.2) is 56.3 Å². The fraction of sp³-hybridized carbons (Fsp3) is 0.500. The first-order valence-electron chi connectivity index (χ1n) is 5.57. The third-order valence-electron chi connectivity index (χ3n) is 2.36. The summed E-state index contributed by atoms with van der Waals surface area (Å²) in [6.07, 6.45) is 1.61. The summed E-state index contributed by atoms with van der Waals surface area (Å²) < 4.78 is 10.8. The number of carbonyl (C=O) groups is 1. The topological polar surface area (TPSA) is 51.7 Å². The fourth-order valence-corrected chi connectivity index (χ4v) is 1.62. The van der Waals surface area contributed by atoms with Crippen molar-refractivity contribution in [2.75, 3.05) is 40.5 Å². The molecule has 1 amide bonds. The Morgan fingerprint density at radius 2 is 1.89 bits per heavy atom. The van der Waals surface area contributed by atoms with Crippen LogP contribution in [0.2, 0.25) is 0 Å². The van der Waals surface area contributed by atoms with Crippen molar-refractivity contribution in [3.05, 3.63) is 28.5 Å².